The average molecular weight is 286 g/mol. The fraction of sp³-hybridized carbons (Fsp3) is 0.600. The smallest absolute Gasteiger partial charge is 0.0777 e. The zero-order chi connectivity index (χ0) is 11.8. The highest BCUT2D eigenvalue weighted by Crippen LogP contribution is 2.52. The number of benzene rings is 1. The SMILES string of the molecule is [Cl-].[NH3+]C[C@@H]1C2CCC(CC2)[C@@H]1c1ccc(Cl)cc1. The maximum Gasteiger partial charge on any atom is 0.0777 e. The topological polar surface area (TPSA) is 27.6 Å². The second kappa shape index (κ2) is 5.81. The molecule has 0 amide bonds. The van der Waals surface area contributed by atoms with E-state index in [0.717, 1.165) is 35.2 Å². The van der Waals surface area contributed by atoms with Gasteiger partial charge in [0, 0.05) is 10.9 Å². The summed E-state index contributed by atoms with van der Waals surface area (Å²) in [6, 6.07) is 8.55. The fourth-order valence-corrected chi connectivity index (χ4v) is 4.32. The van der Waals surface area contributed by atoms with Crippen LogP contribution in [-0.2, 0) is 0 Å². The molecule has 2 atom stereocenters. The molecule has 0 aliphatic heterocycles. The second-order valence-electron chi connectivity index (χ2n) is 5.70. The van der Waals surface area contributed by atoms with Gasteiger partial charge in [-0.05, 0) is 61.1 Å². The lowest BCUT2D eigenvalue weighted by Gasteiger charge is -2.47. The van der Waals surface area contributed by atoms with Crippen LogP contribution in [0.25, 0.3) is 0 Å². The molecule has 1 aromatic carbocycles. The van der Waals surface area contributed by atoms with Gasteiger partial charge in [0.15, 0.2) is 0 Å². The first kappa shape index (κ1) is 14.2. The summed E-state index contributed by atoms with van der Waals surface area (Å²) in [7, 11) is 0. The van der Waals surface area contributed by atoms with Gasteiger partial charge in [-0.1, -0.05) is 23.7 Å². The first-order chi connectivity index (χ1) is 8.29. The van der Waals surface area contributed by atoms with Gasteiger partial charge >= 0.3 is 0 Å². The van der Waals surface area contributed by atoms with E-state index in [0.29, 0.717) is 0 Å². The van der Waals surface area contributed by atoms with Crippen molar-refractivity contribution < 1.29 is 18.1 Å². The lowest BCUT2D eigenvalue weighted by molar-refractivity contribution is -0.387. The molecule has 0 saturated heterocycles. The van der Waals surface area contributed by atoms with Crippen LogP contribution in [0, 0.1) is 17.8 Å². The molecule has 0 unspecified atom stereocenters. The van der Waals surface area contributed by atoms with Crippen LogP contribution in [0.3, 0.4) is 0 Å². The van der Waals surface area contributed by atoms with Crippen molar-refractivity contribution in [1.82, 2.24) is 0 Å². The molecule has 3 N–H and O–H groups in total. The van der Waals surface area contributed by atoms with Gasteiger partial charge in [0.1, 0.15) is 0 Å². The third kappa shape index (κ3) is 2.41. The molecule has 1 aromatic rings. The lowest BCUT2D eigenvalue weighted by atomic mass is 9.57. The summed E-state index contributed by atoms with van der Waals surface area (Å²) in [5.41, 5.74) is 5.69. The second-order valence-corrected chi connectivity index (χ2v) is 6.14. The number of fused-ring (bicyclic) bond motifs is 3. The molecule has 3 aliphatic rings. The van der Waals surface area contributed by atoms with Crippen molar-refractivity contribution in [2.75, 3.05) is 6.54 Å². The Kier molecular flexibility index (Phi) is 4.58. The first-order valence-corrected chi connectivity index (χ1v) is 7.22. The van der Waals surface area contributed by atoms with E-state index in [2.05, 4.69) is 17.9 Å². The van der Waals surface area contributed by atoms with Crippen LogP contribution in [0.1, 0.15) is 37.2 Å². The van der Waals surface area contributed by atoms with Crippen LogP contribution < -0.4 is 18.1 Å². The van der Waals surface area contributed by atoms with Crippen molar-refractivity contribution in [1.29, 1.82) is 0 Å². The standard InChI is InChI=1S/C15H20ClN.ClH/c16-13-7-5-12(6-8-13)15-11-3-1-10(2-4-11)14(15)9-17;/h5-8,10-11,14-15H,1-4,9,17H2;1H/t10?,11?,14-,15-;/m1./s1. The zero-order valence-corrected chi connectivity index (χ0v) is 12.1. The Bertz CT molecular complexity index is 382. The summed E-state index contributed by atoms with van der Waals surface area (Å²) in [5.74, 6) is 3.38. The summed E-state index contributed by atoms with van der Waals surface area (Å²) in [4.78, 5) is 0. The predicted molar refractivity (Wildman–Crippen MR) is 70.9 cm³/mol. The molecule has 0 radical (unpaired) electrons. The van der Waals surface area contributed by atoms with Crippen molar-refractivity contribution in [3.63, 3.8) is 0 Å². The number of halogens is 2. The molecule has 3 heteroatoms. The van der Waals surface area contributed by atoms with Gasteiger partial charge in [-0.2, -0.15) is 0 Å². The minimum Gasteiger partial charge on any atom is -1.00 e. The van der Waals surface area contributed by atoms with E-state index in [4.69, 9.17) is 11.6 Å². The number of hydrogen-bond acceptors (Lipinski definition) is 0. The monoisotopic (exact) mass is 285 g/mol. The van der Waals surface area contributed by atoms with Gasteiger partial charge in [-0.3, -0.25) is 0 Å². The minimum atomic E-state index is 0. The van der Waals surface area contributed by atoms with Crippen LogP contribution in [0.5, 0.6) is 0 Å². The van der Waals surface area contributed by atoms with Gasteiger partial charge in [-0.15, -0.1) is 0 Å². The molecule has 18 heavy (non-hydrogen) atoms. The Morgan fingerprint density at radius 2 is 1.56 bits per heavy atom. The predicted octanol–water partition coefficient (Wildman–Crippen LogP) is 0.106. The van der Waals surface area contributed by atoms with Crippen molar-refractivity contribution in [3.8, 4) is 0 Å². The molecule has 0 aromatic heterocycles. The summed E-state index contributed by atoms with van der Waals surface area (Å²) < 4.78 is 0. The molecule has 3 aliphatic carbocycles. The third-order valence-corrected chi connectivity index (χ3v) is 5.23. The molecule has 1 nitrogen and oxygen atoms in total. The van der Waals surface area contributed by atoms with Crippen LogP contribution in [0.4, 0.5) is 0 Å². The highest BCUT2D eigenvalue weighted by atomic mass is 35.5. The first-order valence-electron chi connectivity index (χ1n) is 6.84. The van der Waals surface area contributed by atoms with Crippen molar-refractivity contribution in [2.24, 2.45) is 17.8 Å². The van der Waals surface area contributed by atoms with Crippen LogP contribution in [-0.4, -0.2) is 6.54 Å². The summed E-state index contributed by atoms with van der Waals surface area (Å²) in [6.45, 7) is 1.09. The largest absolute Gasteiger partial charge is 1.00 e. The van der Waals surface area contributed by atoms with E-state index in [1.54, 1.807) is 0 Å². The van der Waals surface area contributed by atoms with Crippen LogP contribution >= 0.6 is 11.6 Å². The number of hydrogen-bond donors (Lipinski definition) is 1. The Morgan fingerprint density at radius 3 is 2.11 bits per heavy atom. The Labute approximate surface area is 121 Å². The highest BCUT2D eigenvalue weighted by molar-refractivity contribution is 6.30. The molecule has 0 spiro atoms. The van der Waals surface area contributed by atoms with E-state index in [1.165, 1.54) is 31.2 Å². The van der Waals surface area contributed by atoms with E-state index < -0.39 is 0 Å². The van der Waals surface area contributed by atoms with Crippen LogP contribution in [0.15, 0.2) is 24.3 Å². The maximum absolute atomic E-state index is 5.99. The van der Waals surface area contributed by atoms with E-state index in [-0.39, 0.29) is 12.4 Å². The molecule has 4 rings (SSSR count). The van der Waals surface area contributed by atoms with Gasteiger partial charge in [0.05, 0.1) is 6.54 Å². The molecule has 0 heterocycles. The number of rotatable bonds is 2. The van der Waals surface area contributed by atoms with Gasteiger partial charge in [0.25, 0.3) is 0 Å². The summed E-state index contributed by atoms with van der Waals surface area (Å²) in [5, 5.41) is 0.848. The normalized spacial score (nSPS) is 34.1. The number of quaternary nitrogens is 1. The highest BCUT2D eigenvalue weighted by Gasteiger charge is 2.44. The molecular weight excluding hydrogens is 265 g/mol. The zero-order valence-electron chi connectivity index (χ0n) is 10.6. The van der Waals surface area contributed by atoms with E-state index >= 15 is 0 Å². The lowest BCUT2D eigenvalue weighted by Crippen LogP contribution is -3.00. The molecule has 100 valence electrons. The Hall–Kier alpha value is -0.240. The van der Waals surface area contributed by atoms with E-state index in [1.807, 2.05) is 12.1 Å². The quantitative estimate of drug-likeness (QED) is 0.799. The molecular formula is C15H21Cl2N. The molecule has 3 saturated carbocycles. The molecule has 3 fully saturated rings. The Balaban J connectivity index is 0.00000120. The van der Waals surface area contributed by atoms with Crippen molar-refractivity contribution >= 4 is 11.6 Å². The van der Waals surface area contributed by atoms with Gasteiger partial charge in [-0.25, -0.2) is 0 Å². The van der Waals surface area contributed by atoms with Crippen molar-refractivity contribution in [2.45, 2.75) is 31.6 Å². The van der Waals surface area contributed by atoms with E-state index in [9.17, 15) is 0 Å². The van der Waals surface area contributed by atoms with Gasteiger partial charge in [0.2, 0.25) is 0 Å². The molecule has 2 bridgehead atoms. The Morgan fingerprint density at radius 1 is 1.00 bits per heavy atom. The summed E-state index contributed by atoms with van der Waals surface area (Å²) >= 11 is 5.99. The average Bonchev–Trinajstić information content (AvgIpc) is 2.40. The van der Waals surface area contributed by atoms with Crippen LogP contribution in [0.2, 0.25) is 5.02 Å². The minimum absolute atomic E-state index is 0. The summed E-state index contributed by atoms with van der Waals surface area (Å²) in [6.07, 6.45) is 5.73. The van der Waals surface area contributed by atoms with Gasteiger partial charge < -0.3 is 18.1 Å². The third-order valence-electron chi connectivity index (χ3n) is 4.98. The van der Waals surface area contributed by atoms with Crippen molar-refractivity contribution in [3.05, 3.63) is 34.9 Å². The maximum atomic E-state index is 5.99. The fourth-order valence-electron chi connectivity index (χ4n) is 4.19.